The fourth-order valence-electron chi connectivity index (χ4n) is 1.27. The first-order valence-corrected chi connectivity index (χ1v) is 6.97. The molecule has 0 aromatic carbocycles. The maximum absolute atomic E-state index is 4.14. The van der Waals surface area contributed by atoms with Gasteiger partial charge in [-0.25, -0.2) is 0 Å². The van der Waals surface area contributed by atoms with E-state index in [1.807, 2.05) is 0 Å². The Hall–Kier alpha value is 0.700. The van der Waals surface area contributed by atoms with Gasteiger partial charge in [0.15, 0.2) is 0 Å². The van der Waals surface area contributed by atoms with E-state index in [2.05, 4.69) is 32.4 Å². The summed E-state index contributed by atoms with van der Waals surface area (Å²) >= 11 is 4.14. The molecule has 0 saturated heterocycles. The predicted octanol–water partition coefficient (Wildman–Crippen LogP) is 4.42. The molecule has 0 aliphatic heterocycles. The Kier molecular flexibility index (Phi) is 8.79. The van der Waals surface area contributed by atoms with Gasteiger partial charge >= 0.3 is 0 Å². The summed E-state index contributed by atoms with van der Waals surface area (Å²) in [6.07, 6.45) is 5.51. The average Bonchev–Trinajstić information content (AvgIpc) is 2.00. The number of thiol groups is 1. The van der Waals surface area contributed by atoms with Gasteiger partial charge in [0.1, 0.15) is 0 Å². The molecule has 0 aliphatic carbocycles. The second kappa shape index (κ2) is 8.31. The lowest BCUT2D eigenvalue weighted by Crippen LogP contribution is -1.97. The van der Waals surface area contributed by atoms with Crippen molar-refractivity contribution in [2.45, 2.75) is 46.5 Å². The molecule has 0 spiro atoms. The molecule has 0 aliphatic rings. The third-order valence-electron chi connectivity index (χ3n) is 2.18. The van der Waals surface area contributed by atoms with Gasteiger partial charge in [-0.2, -0.15) is 0 Å². The summed E-state index contributed by atoms with van der Waals surface area (Å²) in [6, 6.07) is 0. The summed E-state index contributed by atoms with van der Waals surface area (Å²) in [6.45, 7) is 6.95. The van der Waals surface area contributed by atoms with Crippen LogP contribution in [0, 0.1) is 11.8 Å². The van der Waals surface area contributed by atoms with Crippen molar-refractivity contribution < 1.29 is 0 Å². The van der Waals surface area contributed by atoms with Crippen molar-refractivity contribution in [1.29, 1.82) is 0 Å². The number of hydrogen-bond donors (Lipinski definition) is 1. The van der Waals surface area contributed by atoms with Gasteiger partial charge in [0, 0.05) is 5.75 Å². The van der Waals surface area contributed by atoms with Gasteiger partial charge in [-0.3, -0.25) is 0 Å². The fourth-order valence-corrected chi connectivity index (χ4v) is 2.10. The summed E-state index contributed by atoms with van der Waals surface area (Å²) in [5, 5.41) is 0. The van der Waals surface area contributed by atoms with Gasteiger partial charge in [-0.05, 0) is 18.3 Å². The predicted molar refractivity (Wildman–Crippen MR) is 63.9 cm³/mol. The van der Waals surface area contributed by atoms with E-state index in [0.29, 0.717) is 0 Å². The fraction of sp³-hybridized carbons (Fsp3) is 1.00. The maximum Gasteiger partial charge on any atom is 0.00370 e. The first-order chi connectivity index (χ1) is 5.66. The van der Waals surface area contributed by atoms with Gasteiger partial charge < -0.3 is 0 Å². The van der Waals surface area contributed by atoms with Crippen LogP contribution in [0.15, 0.2) is 0 Å². The van der Waals surface area contributed by atoms with Crippen LogP contribution < -0.4 is 0 Å². The van der Waals surface area contributed by atoms with Crippen molar-refractivity contribution in [1.82, 2.24) is 0 Å². The SMILES string of the molecule is CC(C)CCCC(C)CCSS. The molecule has 0 amide bonds. The van der Waals surface area contributed by atoms with Gasteiger partial charge in [-0.1, -0.05) is 50.8 Å². The van der Waals surface area contributed by atoms with Crippen LogP contribution in [0.3, 0.4) is 0 Å². The summed E-state index contributed by atoms with van der Waals surface area (Å²) in [5.74, 6) is 2.96. The lowest BCUT2D eigenvalue weighted by Gasteiger charge is -2.10. The monoisotopic (exact) mass is 206 g/mol. The van der Waals surface area contributed by atoms with E-state index in [1.54, 1.807) is 10.8 Å². The van der Waals surface area contributed by atoms with Crippen LogP contribution in [-0.2, 0) is 0 Å². The lowest BCUT2D eigenvalue weighted by molar-refractivity contribution is 0.451. The molecule has 0 N–H and O–H groups in total. The Balaban J connectivity index is 3.13. The largest absolute Gasteiger partial charge is 0.111 e. The van der Waals surface area contributed by atoms with Gasteiger partial charge in [0.2, 0.25) is 0 Å². The Bertz CT molecular complexity index is 91.8. The van der Waals surface area contributed by atoms with Crippen LogP contribution in [-0.4, -0.2) is 5.75 Å². The molecular formula is C10H22S2. The summed E-state index contributed by atoms with van der Waals surface area (Å²) in [7, 11) is 1.66. The lowest BCUT2D eigenvalue weighted by atomic mass is 9.98. The minimum Gasteiger partial charge on any atom is -0.111 e. The van der Waals surface area contributed by atoms with Crippen molar-refractivity contribution in [3.8, 4) is 0 Å². The van der Waals surface area contributed by atoms with Crippen molar-refractivity contribution in [2.75, 3.05) is 5.75 Å². The molecule has 0 radical (unpaired) electrons. The van der Waals surface area contributed by atoms with Crippen molar-refractivity contribution in [3.63, 3.8) is 0 Å². The third kappa shape index (κ3) is 8.79. The van der Waals surface area contributed by atoms with Gasteiger partial charge in [-0.15, -0.1) is 11.7 Å². The van der Waals surface area contributed by atoms with Crippen LogP contribution in [0.5, 0.6) is 0 Å². The molecule has 0 saturated carbocycles. The molecule has 12 heavy (non-hydrogen) atoms. The zero-order valence-corrected chi connectivity index (χ0v) is 10.3. The van der Waals surface area contributed by atoms with E-state index in [1.165, 1.54) is 31.4 Å². The van der Waals surface area contributed by atoms with Crippen molar-refractivity contribution in [3.05, 3.63) is 0 Å². The van der Waals surface area contributed by atoms with E-state index in [4.69, 9.17) is 0 Å². The van der Waals surface area contributed by atoms with Crippen LogP contribution in [0.4, 0.5) is 0 Å². The standard InChI is InChI=1S/C10H22S2/c1-9(2)5-4-6-10(3)7-8-12-11/h9-11H,4-8H2,1-3H3. The zero-order chi connectivity index (χ0) is 9.40. The highest BCUT2D eigenvalue weighted by Gasteiger charge is 2.02. The van der Waals surface area contributed by atoms with E-state index in [9.17, 15) is 0 Å². The Morgan fingerprint density at radius 1 is 1.08 bits per heavy atom. The van der Waals surface area contributed by atoms with Gasteiger partial charge in [0.05, 0.1) is 0 Å². The second-order valence-corrected chi connectivity index (χ2v) is 5.49. The van der Waals surface area contributed by atoms with E-state index in [-0.39, 0.29) is 0 Å². The van der Waals surface area contributed by atoms with Crippen LogP contribution in [0.1, 0.15) is 46.5 Å². The van der Waals surface area contributed by atoms with Crippen LogP contribution >= 0.6 is 22.5 Å². The summed E-state index contributed by atoms with van der Waals surface area (Å²) in [5.41, 5.74) is 0. The van der Waals surface area contributed by atoms with Gasteiger partial charge in [0.25, 0.3) is 0 Å². The Morgan fingerprint density at radius 3 is 2.25 bits per heavy atom. The quantitative estimate of drug-likeness (QED) is 0.475. The minimum absolute atomic E-state index is 0.872. The Labute approximate surface area is 86.7 Å². The zero-order valence-electron chi connectivity index (χ0n) is 8.55. The minimum atomic E-state index is 0.872. The smallest absolute Gasteiger partial charge is 0.00370 e. The van der Waals surface area contributed by atoms with Crippen molar-refractivity contribution >= 4 is 22.5 Å². The molecular weight excluding hydrogens is 184 g/mol. The maximum atomic E-state index is 4.14. The number of hydrogen-bond acceptors (Lipinski definition) is 2. The molecule has 74 valence electrons. The average molecular weight is 206 g/mol. The molecule has 0 fully saturated rings. The molecule has 1 unspecified atom stereocenters. The topological polar surface area (TPSA) is 0 Å². The molecule has 0 bridgehead atoms. The second-order valence-electron chi connectivity index (χ2n) is 4.05. The summed E-state index contributed by atoms with van der Waals surface area (Å²) < 4.78 is 0. The highest BCUT2D eigenvalue weighted by molar-refractivity contribution is 8.68. The molecule has 0 aromatic rings. The highest BCUT2D eigenvalue weighted by atomic mass is 33.1. The summed E-state index contributed by atoms with van der Waals surface area (Å²) in [4.78, 5) is 0. The molecule has 0 nitrogen and oxygen atoms in total. The van der Waals surface area contributed by atoms with E-state index < -0.39 is 0 Å². The highest BCUT2D eigenvalue weighted by Crippen LogP contribution is 2.18. The molecule has 0 rings (SSSR count). The Morgan fingerprint density at radius 2 is 1.75 bits per heavy atom. The number of rotatable bonds is 7. The van der Waals surface area contributed by atoms with E-state index >= 15 is 0 Å². The molecule has 0 aromatic heterocycles. The van der Waals surface area contributed by atoms with Crippen LogP contribution in [0.25, 0.3) is 0 Å². The van der Waals surface area contributed by atoms with Crippen molar-refractivity contribution in [2.24, 2.45) is 11.8 Å². The normalized spacial score (nSPS) is 13.8. The third-order valence-corrected chi connectivity index (χ3v) is 3.15. The molecule has 2 heteroatoms. The first kappa shape index (κ1) is 12.7. The molecule has 1 atom stereocenters. The van der Waals surface area contributed by atoms with E-state index in [0.717, 1.165) is 11.8 Å². The molecule has 0 heterocycles. The van der Waals surface area contributed by atoms with Crippen LogP contribution in [0.2, 0.25) is 0 Å². The first-order valence-electron chi connectivity index (χ1n) is 4.93.